The third kappa shape index (κ3) is 2.62. The molecule has 3 nitrogen and oxygen atoms in total. The highest BCUT2D eigenvalue weighted by Crippen LogP contribution is 2.22. The van der Waals surface area contributed by atoms with Crippen LogP contribution in [0.15, 0.2) is 60.8 Å². The van der Waals surface area contributed by atoms with Gasteiger partial charge in [0.25, 0.3) is 0 Å². The maximum absolute atomic E-state index is 5.96. The minimum Gasteiger partial charge on any atom is -0.494 e. The first-order chi connectivity index (χ1) is 9.84. The van der Waals surface area contributed by atoms with E-state index in [2.05, 4.69) is 22.9 Å². The summed E-state index contributed by atoms with van der Waals surface area (Å²) in [5.41, 5.74) is 7.98. The molecule has 0 aliphatic heterocycles. The Morgan fingerprint density at radius 3 is 2.65 bits per heavy atom. The molecule has 20 heavy (non-hydrogen) atoms. The van der Waals surface area contributed by atoms with Gasteiger partial charge in [0.1, 0.15) is 5.75 Å². The van der Waals surface area contributed by atoms with Crippen LogP contribution in [0.25, 0.3) is 10.9 Å². The molecule has 0 atom stereocenters. The van der Waals surface area contributed by atoms with E-state index in [1.165, 1.54) is 5.52 Å². The molecule has 2 N–H and O–H groups in total. The first-order valence-corrected chi connectivity index (χ1v) is 6.86. The summed E-state index contributed by atoms with van der Waals surface area (Å²) in [7, 11) is 0. The molecular formula is C17H18N2O. The van der Waals surface area contributed by atoms with Gasteiger partial charge in [-0.3, -0.25) is 0 Å². The van der Waals surface area contributed by atoms with Crippen molar-refractivity contribution >= 4 is 16.6 Å². The Labute approximate surface area is 118 Å². The molecule has 0 aliphatic rings. The van der Waals surface area contributed by atoms with Crippen LogP contribution in [-0.4, -0.2) is 11.2 Å². The Morgan fingerprint density at radius 2 is 1.80 bits per heavy atom. The van der Waals surface area contributed by atoms with E-state index in [-0.39, 0.29) is 0 Å². The molecule has 0 fully saturated rings. The fraction of sp³-hybridized carbons (Fsp3) is 0.176. The van der Waals surface area contributed by atoms with Crippen molar-refractivity contribution in [3.05, 3.63) is 60.8 Å². The molecule has 102 valence electrons. The lowest BCUT2D eigenvalue weighted by molar-refractivity contribution is 0.302. The number of ether oxygens (including phenoxy) is 1. The molecule has 0 saturated carbocycles. The monoisotopic (exact) mass is 266 g/mol. The number of fused-ring (bicyclic) bond motifs is 1. The quantitative estimate of drug-likeness (QED) is 0.565. The summed E-state index contributed by atoms with van der Waals surface area (Å²) in [6, 6.07) is 18.0. The SMILES string of the molecule is Nc1cccc2c1ccn2CCCOc1ccccc1. The first-order valence-electron chi connectivity index (χ1n) is 6.86. The lowest BCUT2D eigenvalue weighted by Crippen LogP contribution is -2.03. The molecule has 1 heterocycles. The van der Waals surface area contributed by atoms with Crippen LogP contribution in [0, 0.1) is 0 Å². The van der Waals surface area contributed by atoms with Gasteiger partial charge in [-0.05, 0) is 36.8 Å². The predicted octanol–water partition coefficient (Wildman–Crippen LogP) is 3.69. The highest BCUT2D eigenvalue weighted by molar-refractivity contribution is 5.91. The minimum atomic E-state index is 0.714. The Balaban J connectivity index is 1.59. The number of nitrogens with two attached hydrogens (primary N) is 1. The molecule has 2 aromatic carbocycles. The smallest absolute Gasteiger partial charge is 0.119 e. The highest BCUT2D eigenvalue weighted by atomic mass is 16.5. The van der Waals surface area contributed by atoms with Gasteiger partial charge in [0.15, 0.2) is 0 Å². The predicted molar refractivity (Wildman–Crippen MR) is 82.9 cm³/mol. The van der Waals surface area contributed by atoms with E-state index < -0.39 is 0 Å². The summed E-state index contributed by atoms with van der Waals surface area (Å²) in [5, 5.41) is 1.12. The summed E-state index contributed by atoms with van der Waals surface area (Å²) < 4.78 is 7.92. The molecular weight excluding hydrogens is 248 g/mol. The normalized spacial score (nSPS) is 10.8. The largest absolute Gasteiger partial charge is 0.494 e. The third-order valence-corrected chi connectivity index (χ3v) is 3.40. The zero-order valence-corrected chi connectivity index (χ0v) is 11.3. The van der Waals surface area contributed by atoms with Gasteiger partial charge in [0.2, 0.25) is 0 Å². The van der Waals surface area contributed by atoms with E-state index in [0.29, 0.717) is 6.61 Å². The van der Waals surface area contributed by atoms with Crippen LogP contribution in [-0.2, 0) is 6.54 Å². The van der Waals surface area contributed by atoms with Crippen molar-refractivity contribution in [2.45, 2.75) is 13.0 Å². The van der Waals surface area contributed by atoms with E-state index in [9.17, 15) is 0 Å². The molecule has 0 aliphatic carbocycles. The number of nitrogen functional groups attached to an aromatic ring is 1. The van der Waals surface area contributed by atoms with Crippen molar-refractivity contribution in [3.63, 3.8) is 0 Å². The summed E-state index contributed by atoms with van der Waals surface area (Å²) in [5.74, 6) is 0.925. The Kier molecular flexibility index (Phi) is 3.59. The second-order valence-corrected chi connectivity index (χ2v) is 4.80. The lowest BCUT2D eigenvalue weighted by Gasteiger charge is -2.08. The number of anilines is 1. The van der Waals surface area contributed by atoms with Gasteiger partial charge in [-0.2, -0.15) is 0 Å². The zero-order chi connectivity index (χ0) is 13.8. The number of para-hydroxylation sites is 1. The first kappa shape index (κ1) is 12.6. The van der Waals surface area contributed by atoms with Crippen LogP contribution in [0.3, 0.4) is 0 Å². The van der Waals surface area contributed by atoms with Crippen LogP contribution < -0.4 is 10.5 Å². The summed E-state index contributed by atoms with van der Waals surface area (Å²) in [4.78, 5) is 0. The number of benzene rings is 2. The Hall–Kier alpha value is -2.42. The van der Waals surface area contributed by atoms with E-state index >= 15 is 0 Å². The second kappa shape index (κ2) is 5.70. The summed E-state index contributed by atoms with van der Waals surface area (Å²) >= 11 is 0. The summed E-state index contributed by atoms with van der Waals surface area (Å²) in [6.45, 7) is 1.64. The molecule has 0 radical (unpaired) electrons. The zero-order valence-electron chi connectivity index (χ0n) is 11.3. The molecule has 0 saturated heterocycles. The number of hydrogen-bond donors (Lipinski definition) is 1. The molecule has 3 heteroatoms. The van der Waals surface area contributed by atoms with Crippen LogP contribution in [0.1, 0.15) is 6.42 Å². The Bertz CT molecular complexity index is 689. The highest BCUT2D eigenvalue weighted by Gasteiger charge is 2.03. The molecule has 1 aromatic heterocycles. The van der Waals surface area contributed by atoms with Crippen molar-refractivity contribution in [3.8, 4) is 5.75 Å². The maximum atomic E-state index is 5.96. The fourth-order valence-corrected chi connectivity index (χ4v) is 2.38. The number of nitrogens with zero attached hydrogens (tertiary/aromatic N) is 1. The van der Waals surface area contributed by atoms with E-state index in [0.717, 1.165) is 29.8 Å². The van der Waals surface area contributed by atoms with Gasteiger partial charge in [0, 0.05) is 23.8 Å². The Morgan fingerprint density at radius 1 is 0.950 bits per heavy atom. The maximum Gasteiger partial charge on any atom is 0.119 e. The second-order valence-electron chi connectivity index (χ2n) is 4.80. The third-order valence-electron chi connectivity index (χ3n) is 3.40. The van der Waals surface area contributed by atoms with Gasteiger partial charge in [-0.15, -0.1) is 0 Å². The average molecular weight is 266 g/mol. The van der Waals surface area contributed by atoms with Crippen LogP contribution >= 0.6 is 0 Å². The standard InChI is InChI=1S/C17H18N2O/c18-16-8-4-9-17-15(16)10-12-19(17)11-5-13-20-14-6-2-1-3-7-14/h1-4,6-10,12H,5,11,13,18H2. The van der Waals surface area contributed by atoms with Gasteiger partial charge >= 0.3 is 0 Å². The van der Waals surface area contributed by atoms with E-state index in [1.807, 2.05) is 42.5 Å². The van der Waals surface area contributed by atoms with Gasteiger partial charge < -0.3 is 15.0 Å². The van der Waals surface area contributed by atoms with Crippen LogP contribution in [0.5, 0.6) is 5.75 Å². The molecule has 0 unspecified atom stereocenters. The molecule has 0 spiro atoms. The van der Waals surface area contributed by atoms with Gasteiger partial charge in [0.05, 0.1) is 12.1 Å². The summed E-state index contributed by atoms with van der Waals surface area (Å²) in [6.07, 6.45) is 3.05. The number of rotatable bonds is 5. The van der Waals surface area contributed by atoms with E-state index in [4.69, 9.17) is 10.5 Å². The molecule has 3 aromatic rings. The van der Waals surface area contributed by atoms with Crippen LogP contribution in [0.4, 0.5) is 5.69 Å². The number of aryl methyl sites for hydroxylation is 1. The van der Waals surface area contributed by atoms with Crippen molar-refractivity contribution < 1.29 is 4.74 Å². The number of aromatic nitrogens is 1. The van der Waals surface area contributed by atoms with Crippen molar-refractivity contribution in [2.24, 2.45) is 0 Å². The fourth-order valence-electron chi connectivity index (χ4n) is 2.38. The molecule has 0 amide bonds. The van der Waals surface area contributed by atoms with Gasteiger partial charge in [-0.1, -0.05) is 24.3 Å². The molecule has 0 bridgehead atoms. The van der Waals surface area contributed by atoms with Crippen molar-refractivity contribution in [1.82, 2.24) is 4.57 Å². The van der Waals surface area contributed by atoms with Crippen molar-refractivity contribution in [1.29, 1.82) is 0 Å². The van der Waals surface area contributed by atoms with Crippen molar-refractivity contribution in [2.75, 3.05) is 12.3 Å². The van der Waals surface area contributed by atoms with E-state index in [1.54, 1.807) is 0 Å². The number of hydrogen-bond acceptors (Lipinski definition) is 2. The average Bonchev–Trinajstić information content (AvgIpc) is 2.90. The van der Waals surface area contributed by atoms with Crippen LogP contribution in [0.2, 0.25) is 0 Å². The lowest BCUT2D eigenvalue weighted by atomic mass is 10.2. The topological polar surface area (TPSA) is 40.2 Å². The van der Waals surface area contributed by atoms with Gasteiger partial charge in [-0.25, -0.2) is 0 Å². The minimum absolute atomic E-state index is 0.714. The molecule has 3 rings (SSSR count).